The lowest BCUT2D eigenvalue weighted by molar-refractivity contribution is -0.119. The molecule has 2 unspecified atom stereocenters. The molecule has 6 rings (SSSR count). The Hall–Kier alpha value is -3.80. The van der Waals surface area contributed by atoms with Crippen LogP contribution in [0.25, 0.3) is 22.3 Å². The van der Waals surface area contributed by atoms with Gasteiger partial charge in [-0.1, -0.05) is 62.5 Å². The van der Waals surface area contributed by atoms with E-state index in [4.69, 9.17) is 0 Å². The van der Waals surface area contributed by atoms with Crippen molar-refractivity contribution in [3.63, 3.8) is 0 Å². The van der Waals surface area contributed by atoms with Crippen molar-refractivity contribution in [2.45, 2.75) is 121 Å². The molecular formula is C49H57OP. The summed E-state index contributed by atoms with van der Waals surface area (Å²) in [4.78, 5) is 14.2. The highest BCUT2D eigenvalue weighted by Gasteiger charge is 2.44. The zero-order valence-corrected chi connectivity index (χ0v) is 34.5. The zero-order valence-electron chi connectivity index (χ0n) is 33.6. The van der Waals surface area contributed by atoms with Gasteiger partial charge in [0, 0.05) is 24.2 Å². The van der Waals surface area contributed by atoms with E-state index in [9.17, 15) is 4.79 Å². The largest absolute Gasteiger partial charge is 0.300 e. The van der Waals surface area contributed by atoms with Crippen molar-refractivity contribution in [2.75, 3.05) is 0 Å². The van der Waals surface area contributed by atoms with Crippen LogP contribution in [-0.2, 0) is 4.79 Å². The molecule has 1 nitrogen and oxygen atoms in total. The molecule has 264 valence electrons. The first-order chi connectivity index (χ1) is 24.1. The molecule has 0 N–H and O–H groups in total. The average Bonchev–Trinajstić information content (AvgIpc) is 3.08. The van der Waals surface area contributed by atoms with Crippen LogP contribution in [0.1, 0.15) is 113 Å². The van der Waals surface area contributed by atoms with Crippen LogP contribution < -0.4 is 5.30 Å². The molecule has 1 saturated heterocycles. The van der Waals surface area contributed by atoms with Crippen molar-refractivity contribution in [1.29, 1.82) is 0 Å². The van der Waals surface area contributed by atoms with Gasteiger partial charge in [-0.3, -0.25) is 4.79 Å². The van der Waals surface area contributed by atoms with Crippen molar-refractivity contribution in [2.24, 2.45) is 0 Å². The van der Waals surface area contributed by atoms with Gasteiger partial charge in [-0.25, -0.2) is 0 Å². The Balaban J connectivity index is 1.86. The van der Waals surface area contributed by atoms with E-state index in [-0.39, 0.29) is 11.3 Å². The van der Waals surface area contributed by atoms with Gasteiger partial charge >= 0.3 is 0 Å². The number of carbonyl (C=O) groups excluding carboxylic acids is 1. The van der Waals surface area contributed by atoms with E-state index in [0.717, 1.165) is 0 Å². The minimum atomic E-state index is -0.951. The van der Waals surface area contributed by atoms with E-state index in [0.29, 0.717) is 18.6 Å². The highest BCUT2D eigenvalue weighted by molar-refractivity contribution is 7.67. The van der Waals surface area contributed by atoms with Crippen molar-refractivity contribution >= 4 is 19.0 Å². The molecular weight excluding hydrogens is 636 g/mol. The molecule has 0 aliphatic carbocycles. The first-order valence-electron chi connectivity index (χ1n) is 18.8. The Morgan fingerprint density at radius 1 is 0.412 bits per heavy atom. The Morgan fingerprint density at radius 3 is 1.00 bits per heavy atom. The standard InChI is InChI=1S/C49H57OP/c1-26-18-15-19-27(2)45(26)43-24-40(50)25-44(46-28(3)20-16-21-29(46)4)51(43)49-41(47-36(11)32(7)30(5)33(8)37(47)12)22-17-23-42(49)48-38(13)34(9)31(6)35(10)39(48)14/h15-23,43-44H,24-25H2,1-14H3. The second-order valence-corrected chi connectivity index (χ2v) is 18.2. The Labute approximate surface area is 309 Å². The normalized spacial score (nSPS) is 17.7. The summed E-state index contributed by atoms with van der Waals surface area (Å²) in [6.07, 6.45) is 1.17. The van der Waals surface area contributed by atoms with Gasteiger partial charge in [0.05, 0.1) is 0 Å². The molecule has 0 aromatic heterocycles. The summed E-state index contributed by atoms with van der Waals surface area (Å²) in [7, 11) is -0.951. The zero-order chi connectivity index (χ0) is 37.2. The van der Waals surface area contributed by atoms with Crippen molar-refractivity contribution in [3.8, 4) is 22.3 Å². The second kappa shape index (κ2) is 14.0. The second-order valence-electron chi connectivity index (χ2n) is 15.7. The van der Waals surface area contributed by atoms with Crippen LogP contribution >= 0.6 is 7.92 Å². The van der Waals surface area contributed by atoms with Gasteiger partial charge in [-0.15, -0.1) is 0 Å². The molecule has 0 spiro atoms. The summed E-state index contributed by atoms with van der Waals surface area (Å²) >= 11 is 0. The van der Waals surface area contributed by atoms with Crippen molar-refractivity contribution < 1.29 is 4.79 Å². The molecule has 51 heavy (non-hydrogen) atoms. The maximum Gasteiger partial charge on any atom is 0.134 e. The first-order valence-corrected chi connectivity index (χ1v) is 20.3. The maximum atomic E-state index is 14.2. The number of rotatable bonds is 5. The van der Waals surface area contributed by atoms with E-state index in [1.165, 1.54) is 117 Å². The van der Waals surface area contributed by atoms with Gasteiger partial charge in [0.15, 0.2) is 0 Å². The fraction of sp³-hybridized carbons (Fsp3) is 0.367. The molecule has 0 saturated carbocycles. The van der Waals surface area contributed by atoms with Crippen LogP contribution in [0.2, 0.25) is 0 Å². The molecule has 0 bridgehead atoms. The number of Topliss-reactive ketones (excluding diaryl/α,β-unsaturated/α-hetero) is 1. The average molecular weight is 693 g/mol. The van der Waals surface area contributed by atoms with E-state index in [2.05, 4.69) is 152 Å². The molecule has 1 aliphatic heterocycles. The molecule has 1 aliphatic rings. The molecule has 1 heterocycles. The Morgan fingerprint density at radius 2 is 0.686 bits per heavy atom. The molecule has 0 radical (unpaired) electrons. The van der Waals surface area contributed by atoms with Crippen LogP contribution in [0.4, 0.5) is 0 Å². The fourth-order valence-electron chi connectivity index (χ4n) is 9.46. The van der Waals surface area contributed by atoms with Gasteiger partial charge < -0.3 is 0 Å². The third-order valence-electron chi connectivity index (χ3n) is 13.1. The maximum absolute atomic E-state index is 14.2. The van der Waals surface area contributed by atoms with Gasteiger partial charge in [0.25, 0.3) is 0 Å². The Kier molecular flexibility index (Phi) is 10.1. The summed E-state index contributed by atoms with van der Waals surface area (Å²) in [5.74, 6) is 0.386. The summed E-state index contributed by atoms with van der Waals surface area (Å²) in [6, 6.07) is 20.6. The van der Waals surface area contributed by atoms with Crippen LogP contribution in [0.5, 0.6) is 0 Å². The number of ketones is 1. The summed E-state index contributed by atoms with van der Waals surface area (Å²) in [5, 5.41) is 1.48. The first kappa shape index (κ1) is 37.0. The summed E-state index contributed by atoms with van der Waals surface area (Å²) in [6.45, 7) is 32.1. The highest BCUT2D eigenvalue weighted by atomic mass is 31.1. The van der Waals surface area contributed by atoms with E-state index < -0.39 is 7.92 Å². The van der Waals surface area contributed by atoms with Gasteiger partial charge in [0.1, 0.15) is 5.78 Å². The van der Waals surface area contributed by atoms with Crippen molar-refractivity contribution in [3.05, 3.63) is 144 Å². The van der Waals surface area contributed by atoms with E-state index in [1.807, 2.05) is 0 Å². The van der Waals surface area contributed by atoms with Crippen LogP contribution in [0.3, 0.4) is 0 Å². The molecule has 1 fully saturated rings. The highest BCUT2D eigenvalue weighted by Crippen LogP contribution is 2.69. The minimum absolute atomic E-state index is 0.105. The number of hydrogen-bond acceptors (Lipinski definition) is 1. The third kappa shape index (κ3) is 6.04. The minimum Gasteiger partial charge on any atom is -0.300 e. The Bertz CT molecular complexity index is 1980. The SMILES string of the molecule is Cc1cccc(C)c1C1CC(=O)CC(c2c(C)cccc2C)P1c1c(-c2c(C)c(C)c(C)c(C)c2C)cccc1-c1c(C)c(C)c(C)c(C)c1C. The van der Waals surface area contributed by atoms with Gasteiger partial charge in [0.2, 0.25) is 0 Å². The van der Waals surface area contributed by atoms with Crippen molar-refractivity contribution in [1.82, 2.24) is 0 Å². The lowest BCUT2D eigenvalue weighted by Crippen LogP contribution is -2.27. The molecule has 2 heteroatoms. The summed E-state index contributed by atoms with van der Waals surface area (Å²) in [5.41, 5.74) is 27.4. The number of hydrogen-bond donors (Lipinski definition) is 0. The van der Waals surface area contributed by atoms with Gasteiger partial charge in [-0.05, 0) is 214 Å². The van der Waals surface area contributed by atoms with E-state index in [1.54, 1.807) is 0 Å². The molecule has 2 atom stereocenters. The smallest absolute Gasteiger partial charge is 0.134 e. The summed E-state index contributed by atoms with van der Waals surface area (Å²) < 4.78 is 0. The van der Waals surface area contributed by atoms with Gasteiger partial charge in [-0.2, -0.15) is 0 Å². The molecule has 5 aromatic carbocycles. The lowest BCUT2D eigenvalue weighted by atomic mass is 9.83. The fourth-order valence-corrected chi connectivity index (χ4v) is 13.6. The lowest BCUT2D eigenvalue weighted by Gasteiger charge is -2.43. The van der Waals surface area contributed by atoms with Crippen LogP contribution in [-0.4, -0.2) is 5.78 Å². The predicted molar refractivity (Wildman–Crippen MR) is 223 cm³/mol. The molecule has 5 aromatic rings. The number of aryl methyl sites for hydroxylation is 4. The number of carbonyl (C=O) groups is 1. The predicted octanol–water partition coefficient (Wildman–Crippen LogP) is 13.3. The topological polar surface area (TPSA) is 17.1 Å². The monoisotopic (exact) mass is 692 g/mol. The van der Waals surface area contributed by atoms with Crippen LogP contribution in [0, 0.1) is 96.9 Å². The number of benzene rings is 5. The molecule has 0 amide bonds. The van der Waals surface area contributed by atoms with E-state index >= 15 is 0 Å². The quantitative estimate of drug-likeness (QED) is 0.168. The van der Waals surface area contributed by atoms with Crippen LogP contribution in [0.15, 0.2) is 54.6 Å². The third-order valence-corrected chi connectivity index (χ3v) is 16.3.